The Balaban J connectivity index is 2.49. The van der Waals surface area contributed by atoms with Gasteiger partial charge in [-0.3, -0.25) is 0 Å². The van der Waals surface area contributed by atoms with Gasteiger partial charge in [0.15, 0.2) is 0 Å². The number of nitriles is 1. The Kier molecular flexibility index (Phi) is 2.88. The third-order valence-corrected chi connectivity index (χ3v) is 2.75. The molecule has 2 aromatic rings. The fourth-order valence-electron chi connectivity index (χ4n) is 1.37. The highest BCUT2D eigenvalue weighted by atomic mass is 79.9. The molecule has 1 heterocycles. The van der Waals surface area contributed by atoms with E-state index in [1.54, 1.807) is 12.3 Å². The standard InChI is InChI=1S/C12H8BrN3/c13-11-3-1-8(2-4-11)10-5-9(6-14)12(15)16-7-10/h1-5,7H,(H2,15,16). The number of rotatable bonds is 1. The molecular formula is C12H8BrN3. The van der Waals surface area contributed by atoms with Crippen molar-refractivity contribution in [2.75, 3.05) is 5.73 Å². The van der Waals surface area contributed by atoms with Gasteiger partial charge in [0.2, 0.25) is 0 Å². The molecule has 0 aliphatic rings. The quantitative estimate of drug-likeness (QED) is 0.869. The maximum Gasteiger partial charge on any atom is 0.141 e. The molecule has 3 nitrogen and oxygen atoms in total. The van der Waals surface area contributed by atoms with Crippen LogP contribution in [0.3, 0.4) is 0 Å². The summed E-state index contributed by atoms with van der Waals surface area (Å²) in [5.74, 6) is 0.267. The molecule has 0 aliphatic carbocycles. The van der Waals surface area contributed by atoms with E-state index in [2.05, 4.69) is 20.9 Å². The minimum atomic E-state index is 0.267. The number of anilines is 1. The van der Waals surface area contributed by atoms with Crippen molar-refractivity contribution in [2.45, 2.75) is 0 Å². The molecule has 0 saturated carbocycles. The number of hydrogen-bond donors (Lipinski definition) is 1. The van der Waals surface area contributed by atoms with Crippen LogP contribution in [0.25, 0.3) is 11.1 Å². The summed E-state index contributed by atoms with van der Waals surface area (Å²) in [6.45, 7) is 0. The van der Waals surface area contributed by atoms with E-state index in [0.29, 0.717) is 5.56 Å². The van der Waals surface area contributed by atoms with Crippen LogP contribution in [0.2, 0.25) is 0 Å². The maximum atomic E-state index is 8.86. The van der Waals surface area contributed by atoms with Crippen LogP contribution in [0.4, 0.5) is 5.82 Å². The number of benzene rings is 1. The summed E-state index contributed by atoms with van der Waals surface area (Å²) >= 11 is 3.37. The van der Waals surface area contributed by atoms with Crippen molar-refractivity contribution in [1.82, 2.24) is 4.98 Å². The Bertz CT molecular complexity index is 555. The van der Waals surface area contributed by atoms with Gasteiger partial charge < -0.3 is 5.73 Å². The van der Waals surface area contributed by atoms with Crippen molar-refractivity contribution in [3.8, 4) is 17.2 Å². The minimum Gasteiger partial charge on any atom is -0.383 e. The summed E-state index contributed by atoms with van der Waals surface area (Å²) in [5, 5.41) is 8.86. The average molecular weight is 274 g/mol. The van der Waals surface area contributed by atoms with Crippen LogP contribution in [0, 0.1) is 11.3 Å². The van der Waals surface area contributed by atoms with Crippen molar-refractivity contribution in [3.05, 3.63) is 46.6 Å². The molecule has 0 saturated heterocycles. The number of pyridine rings is 1. The lowest BCUT2D eigenvalue weighted by Crippen LogP contribution is -1.94. The van der Waals surface area contributed by atoms with E-state index in [1.807, 2.05) is 30.3 Å². The van der Waals surface area contributed by atoms with Gasteiger partial charge in [0.05, 0.1) is 5.56 Å². The number of nitrogens with zero attached hydrogens (tertiary/aromatic N) is 2. The highest BCUT2D eigenvalue weighted by molar-refractivity contribution is 9.10. The molecule has 0 radical (unpaired) electrons. The van der Waals surface area contributed by atoms with Crippen molar-refractivity contribution in [3.63, 3.8) is 0 Å². The van der Waals surface area contributed by atoms with E-state index in [1.165, 1.54) is 0 Å². The number of nitrogen functional groups attached to an aromatic ring is 1. The Morgan fingerprint density at radius 2 is 1.88 bits per heavy atom. The highest BCUT2D eigenvalue weighted by Gasteiger charge is 2.03. The second-order valence-electron chi connectivity index (χ2n) is 3.28. The molecule has 0 spiro atoms. The molecule has 1 aromatic heterocycles. The number of hydrogen-bond acceptors (Lipinski definition) is 3. The van der Waals surface area contributed by atoms with E-state index in [0.717, 1.165) is 15.6 Å². The third-order valence-electron chi connectivity index (χ3n) is 2.22. The van der Waals surface area contributed by atoms with Crippen LogP contribution >= 0.6 is 15.9 Å². The van der Waals surface area contributed by atoms with Crippen LogP contribution in [-0.2, 0) is 0 Å². The Labute approximate surface area is 102 Å². The summed E-state index contributed by atoms with van der Waals surface area (Å²) < 4.78 is 1.01. The topological polar surface area (TPSA) is 62.7 Å². The van der Waals surface area contributed by atoms with Gasteiger partial charge in [-0.25, -0.2) is 4.98 Å². The lowest BCUT2D eigenvalue weighted by molar-refractivity contribution is 1.31. The normalized spacial score (nSPS) is 9.75. The number of nitrogens with two attached hydrogens (primary N) is 1. The van der Waals surface area contributed by atoms with Gasteiger partial charge in [-0.15, -0.1) is 0 Å². The van der Waals surface area contributed by atoms with Crippen LogP contribution in [0.5, 0.6) is 0 Å². The van der Waals surface area contributed by atoms with Gasteiger partial charge in [0.1, 0.15) is 11.9 Å². The van der Waals surface area contributed by atoms with Gasteiger partial charge in [0.25, 0.3) is 0 Å². The molecule has 1 aromatic carbocycles. The van der Waals surface area contributed by atoms with E-state index >= 15 is 0 Å². The fraction of sp³-hybridized carbons (Fsp3) is 0. The molecule has 0 bridgehead atoms. The summed E-state index contributed by atoms with van der Waals surface area (Å²) in [7, 11) is 0. The third kappa shape index (κ3) is 2.05. The van der Waals surface area contributed by atoms with Gasteiger partial charge in [-0.2, -0.15) is 5.26 Å². The second kappa shape index (κ2) is 4.33. The first-order valence-electron chi connectivity index (χ1n) is 4.62. The molecule has 0 unspecified atom stereocenters. The summed E-state index contributed by atoms with van der Waals surface area (Å²) in [6, 6.07) is 11.6. The monoisotopic (exact) mass is 273 g/mol. The molecular weight excluding hydrogens is 266 g/mol. The lowest BCUT2D eigenvalue weighted by atomic mass is 10.1. The molecule has 0 fully saturated rings. The molecule has 4 heteroatoms. The summed E-state index contributed by atoms with van der Waals surface area (Å²) in [5.41, 5.74) is 7.86. The maximum absolute atomic E-state index is 8.86. The van der Waals surface area contributed by atoms with Crippen molar-refractivity contribution >= 4 is 21.7 Å². The summed E-state index contributed by atoms with van der Waals surface area (Å²) in [4.78, 5) is 3.99. The average Bonchev–Trinajstić information content (AvgIpc) is 2.31. The van der Waals surface area contributed by atoms with Gasteiger partial charge in [-0.1, -0.05) is 28.1 Å². The molecule has 2 N–H and O–H groups in total. The van der Waals surface area contributed by atoms with Crippen molar-refractivity contribution < 1.29 is 0 Å². The lowest BCUT2D eigenvalue weighted by Gasteiger charge is -2.03. The van der Waals surface area contributed by atoms with Crippen LogP contribution in [-0.4, -0.2) is 4.98 Å². The van der Waals surface area contributed by atoms with Gasteiger partial charge in [0, 0.05) is 16.2 Å². The van der Waals surface area contributed by atoms with E-state index in [-0.39, 0.29) is 5.82 Å². The van der Waals surface area contributed by atoms with Gasteiger partial charge >= 0.3 is 0 Å². The van der Waals surface area contributed by atoms with Crippen LogP contribution < -0.4 is 5.73 Å². The highest BCUT2D eigenvalue weighted by Crippen LogP contribution is 2.23. The molecule has 0 atom stereocenters. The van der Waals surface area contributed by atoms with E-state index in [9.17, 15) is 0 Å². The Morgan fingerprint density at radius 3 is 2.50 bits per heavy atom. The number of halogens is 1. The zero-order valence-electron chi connectivity index (χ0n) is 8.31. The second-order valence-corrected chi connectivity index (χ2v) is 4.19. The zero-order chi connectivity index (χ0) is 11.5. The van der Waals surface area contributed by atoms with Crippen molar-refractivity contribution in [1.29, 1.82) is 5.26 Å². The van der Waals surface area contributed by atoms with Gasteiger partial charge in [-0.05, 0) is 23.8 Å². The summed E-state index contributed by atoms with van der Waals surface area (Å²) in [6.07, 6.45) is 1.67. The Hall–Kier alpha value is -1.86. The number of aromatic nitrogens is 1. The predicted molar refractivity (Wildman–Crippen MR) is 66.5 cm³/mol. The van der Waals surface area contributed by atoms with Crippen LogP contribution in [0.1, 0.15) is 5.56 Å². The molecule has 16 heavy (non-hydrogen) atoms. The SMILES string of the molecule is N#Cc1cc(-c2ccc(Br)cc2)cnc1N. The smallest absolute Gasteiger partial charge is 0.141 e. The molecule has 2 rings (SSSR count). The molecule has 0 aliphatic heterocycles. The Morgan fingerprint density at radius 1 is 1.19 bits per heavy atom. The fourth-order valence-corrected chi connectivity index (χ4v) is 1.63. The first-order valence-corrected chi connectivity index (χ1v) is 5.41. The predicted octanol–water partition coefficient (Wildman–Crippen LogP) is 2.96. The first-order chi connectivity index (χ1) is 7.70. The van der Waals surface area contributed by atoms with E-state index in [4.69, 9.17) is 11.0 Å². The first kappa shape index (κ1) is 10.7. The van der Waals surface area contributed by atoms with E-state index < -0.39 is 0 Å². The molecule has 0 amide bonds. The van der Waals surface area contributed by atoms with Crippen molar-refractivity contribution in [2.24, 2.45) is 0 Å². The minimum absolute atomic E-state index is 0.267. The zero-order valence-corrected chi connectivity index (χ0v) is 9.90. The largest absolute Gasteiger partial charge is 0.383 e. The molecule has 78 valence electrons. The van der Waals surface area contributed by atoms with Crippen LogP contribution in [0.15, 0.2) is 41.0 Å².